The van der Waals surface area contributed by atoms with Gasteiger partial charge in [0.1, 0.15) is 0 Å². The molecule has 0 spiro atoms. The van der Waals surface area contributed by atoms with Gasteiger partial charge in [0.2, 0.25) is 0 Å². The molecular formula is C20H22ClF2N3O. The molecule has 3 rings (SSSR count). The molecule has 1 N–H and O–H groups in total. The van der Waals surface area contributed by atoms with Gasteiger partial charge >= 0.3 is 0 Å². The monoisotopic (exact) mass is 393 g/mol. The second-order valence-electron chi connectivity index (χ2n) is 6.63. The Bertz CT molecular complexity index is 795. The minimum atomic E-state index is -1.02. The molecule has 0 radical (unpaired) electrons. The first kappa shape index (κ1) is 19.7. The van der Waals surface area contributed by atoms with Crippen LogP contribution in [0.1, 0.15) is 15.9 Å². The lowest BCUT2D eigenvalue weighted by molar-refractivity contribution is 0.0933. The summed E-state index contributed by atoms with van der Waals surface area (Å²) in [5.74, 6) is -2.37. The van der Waals surface area contributed by atoms with Gasteiger partial charge in [0.15, 0.2) is 11.6 Å². The molecule has 0 saturated carbocycles. The summed E-state index contributed by atoms with van der Waals surface area (Å²) in [5.41, 5.74) is 1.33. The summed E-state index contributed by atoms with van der Waals surface area (Å²) in [6, 6.07) is 11.1. The highest BCUT2D eigenvalue weighted by Crippen LogP contribution is 2.14. The summed E-state index contributed by atoms with van der Waals surface area (Å²) in [5, 5.41) is 3.50. The number of rotatable bonds is 6. The van der Waals surface area contributed by atoms with Crippen LogP contribution in [0.4, 0.5) is 8.78 Å². The van der Waals surface area contributed by atoms with Crippen molar-refractivity contribution in [3.8, 4) is 0 Å². The zero-order valence-electron chi connectivity index (χ0n) is 14.9. The number of amides is 1. The van der Waals surface area contributed by atoms with Gasteiger partial charge in [0.25, 0.3) is 5.91 Å². The molecule has 2 aromatic rings. The maximum Gasteiger partial charge on any atom is 0.251 e. The molecule has 0 aromatic heterocycles. The third-order valence-electron chi connectivity index (χ3n) is 4.66. The summed E-state index contributed by atoms with van der Waals surface area (Å²) >= 11 is 6.03. The SMILES string of the molecule is O=C(NCCN1CCN(Cc2cccc(Cl)c2)CC1)c1ccc(F)c(F)c1. The molecule has 0 atom stereocenters. The Hall–Kier alpha value is -2.02. The lowest BCUT2D eigenvalue weighted by Gasteiger charge is -2.34. The molecule has 0 aliphatic carbocycles. The first-order valence-corrected chi connectivity index (χ1v) is 9.31. The fraction of sp³-hybridized carbons (Fsp3) is 0.350. The van der Waals surface area contributed by atoms with E-state index in [1.807, 2.05) is 18.2 Å². The fourth-order valence-electron chi connectivity index (χ4n) is 3.13. The molecule has 1 amide bonds. The van der Waals surface area contributed by atoms with Gasteiger partial charge in [-0.2, -0.15) is 0 Å². The predicted octanol–water partition coefficient (Wildman–Crippen LogP) is 3.17. The fourth-order valence-corrected chi connectivity index (χ4v) is 3.34. The Labute approximate surface area is 162 Å². The van der Waals surface area contributed by atoms with E-state index in [4.69, 9.17) is 11.6 Å². The molecule has 1 aliphatic rings. The minimum absolute atomic E-state index is 0.125. The highest BCUT2D eigenvalue weighted by Gasteiger charge is 2.17. The highest BCUT2D eigenvalue weighted by molar-refractivity contribution is 6.30. The molecule has 1 heterocycles. The van der Waals surface area contributed by atoms with E-state index in [-0.39, 0.29) is 5.56 Å². The van der Waals surface area contributed by atoms with Crippen molar-refractivity contribution in [1.82, 2.24) is 15.1 Å². The Morgan fingerprint density at radius 1 is 1.00 bits per heavy atom. The maximum atomic E-state index is 13.2. The summed E-state index contributed by atoms with van der Waals surface area (Å²) in [4.78, 5) is 16.6. The van der Waals surface area contributed by atoms with Gasteiger partial charge in [-0.25, -0.2) is 8.78 Å². The van der Waals surface area contributed by atoms with Crippen LogP contribution in [-0.4, -0.2) is 55.0 Å². The molecule has 1 fully saturated rings. The molecule has 1 aliphatic heterocycles. The van der Waals surface area contributed by atoms with E-state index < -0.39 is 17.5 Å². The number of nitrogens with one attached hydrogen (secondary N) is 1. The van der Waals surface area contributed by atoms with Crippen LogP contribution in [-0.2, 0) is 6.54 Å². The second kappa shape index (κ2) is 9.26. The average molecular weight is 394 g/mol. The Balaban J connectivity index is 1.38. The molecule has 27 heavy (non-hydrogen) atoms. The maximum absolute atomic E-state index is 13.2. The Morgan fingerprint density at radius 2 is 1.74 bits per heavy atom. The van der Waals surface area contributed by atoms with Crippen molar-refractivity contribution in [1.29, 1.82) is 0 Å². The standard InChI is InChI=1S/C20H22ClF2N3O/c21-17-3-1-2-15(12-17)14-26-10-8-25(9-11-26)7-6-24-20(27)16-4-5-18(22)19(23)13-16/h1-5,12-13H,6-11,14H2,(H,24,27). The molecule has 0 unspecified atom stereocenters. The number of nitrogens with zero attached hydrogens (tertiary/aromatic N) is 2. The van der Waals surface area contributed by atoms with Crippen molar-refractivity contribution < 1.29 is 13.6 Å². The van der Waals surface area contributed by atoms with Gasteiger partial charge in [-0.3, -0.25) is 14.6 Å². The zero-order chi connectivity index (χ0) is 19.2. The van der Waals surface area contributed by atoms with Crippen LogP contribution in [0.15, 0.2) is 42.5 Å². The summed E-state index contributed by atoms with van der Waals surface area (Å²) in [6.07, 6.45) is 0. The molecule has 1 saturated heterocycles. The first-order valence-electron chi connectivity index (χ1n) is 8.93. The summed E-state index contributed by atoms with van der Waals surface area (Å²) < 4.78 is 26.1. The van der Waals surface area contributed by atoms with Crippen molar-refractivity contribution in [3.05, 3.63) is 70.2 Å². The lowest BCUT2D eigenvalue weighted by Crippen LogP contribution is -2.48. The van der Waals surface area contributed by atoms with Crippen LogP contribution in [0.3, 0.4) is 0 Å². The quantitative estimate of drug-likeness (QED) is 0.818. The van der Waals surface area contributed by atoms with Crippen LogP contribution >= 0.6 is 11.6 Å². The zero-order valence-corrected chi connectivity index (χ0v) is 15.7. The topological polar surface area (TPSA) is 35.6 Å². The molecular weight excluding hydrogens is 372 g/mol. The van der Waals surface area contributed by atoms with Crippen LogP contribution in [0.2, 0.25) is 5.02 Å². The van der Waals surface area contributed by atoms with Crippen LogP contribution in [0.25, 0.3) is 0 Å². The predicted molar refractivity (Wildman–Crippen MR) is 102 cm³/mol. The minimum Gasteiger partial charge on any atom is -0.351 e. The number of carbonyl (C=O) groups is 1. The number of hydrogen-bond acceptors (Lipinski definition) is 3. The molecule has 7 heteroatoms. The van der Waals surface area contributed by atoms with E-state index in [0.29, 0.717) is 6.54 Å². The van der Waals surface area contributed by atoms with Crippen molar-refractivity contribution >= 4 is 17.5 Å². The normalized spacial score (nSPS) is 15.7. The third-order valence-corrected chi connectivity index (χ3v) is 4.89. The van der Waals surface area contributed by atoms with Crippen LogP contribution in [0, 0.1) is 11.6 Å². The van der Waals surface area contributed by atoms with Gasteiger partial charge in [-0.15, -0.1) is 0 Å². The van der Waals surface area contributed by atoms with E-state index in [1.54, 1.807) is 0 Å². The number of halogens is 3. The van der Waals surface area contributed by atoms with Gasteiger partial charge in [0, 0.05) is 56.4 Å². The van der Waals surface area contributed by atoms with E-state index in [9.17, 15) is 13.6 Å². The number of carbonyl (C=O) groups excluding carboxylic acids is 1. The van der Waals surface area contributed by atoms with E-state index in [1.165, 1.54) is 11.6 Å². The van der Waals surface area contributed by atoms with Crippen molar-refractivity contribution in [2.45, 2.75) is 6.54 Å². The summed E-state index contributed by atoms with van der Waals surface area (Å²) in [7, 11) is 0. The van der Waals surface area contributed by atoms with E-state index in [2.05, 4.69) is 21.2 Å². The first-order chi connectivity index (χ1) is 13.0. The smallest absolute Gasteiger partial charge is 0.251 e. The van der Waals surface area contributed by atoms with Gasteiger partial charge in [-0.05, 0) is 35.9 Å². The Morgan fingerprint density at radius 3 is 2.44 bits per heavy atom. The van der Waals surface area contributed by atoms with Crippen LogP contribution < -0.4 is 5.32 Å². The molecule has 2 aromatic carbocycles. The molecule has 0 bridgehead atoms. The van der Waals surface area contributed by atoms with E-state index in [0.717, 1.165) is 56.4 Å². The van der Waals surface area contributed by atoms with Crippen LogP contribution in [0.5, 0.6) is 0 Å². The van der Waals surface area contributed by atoms with Crippen molar-refractivity contribution in [2.24, 2.45) is 0 Å². The van der Waals surface area contributed by atoms with E-state index >= 15 is 0 Å². The van der Waals surface area contributed by atoms with Crippen molar-refractivity contribution in [3.63, 3.8) is 0 Å². The largest absolute Gasteiger partial charge is 0.351 e. The number of hydrogen-bond donors (Lipinski definition) is 1. The second-order valence-corrected chi connectivity index (χ2v) is 7.07. The number of benzene rings is 2. The summed E-state index contributed by atoms with van der Waals surface area (Å²) in [6.45, 7) is 5.80. The molecule has 144 valence electrons. The van der Waals surface area contributed by atoms with Gasteiger partial charge in [0.05, 0.1) is 0 Å². The highest BCUT2D eigenvalue weighted by atomic mass is 35.5. The van der Waals surface area contributed by atoms with Gasteiger partial charge < -0.3 is 5.32 Å². The Kier molecular flexibility index (Phi) is 6.77. The number of piperazine rings is 1. The third kappa shape index (κ3) is 5.73. The van der Waals surface area contributed by atoms with Gasteiger partial charge in [-0.1, -0.05) is 23.7 Å². The average Bonchev–Trinajstić information content (AvgIpc) is 2.65. The lowest BCUT2D eigenvalue weighted by atomic mass is 10.2. The molecule has 4 nitrogen and oxygen atoms in total. The van der Waals surface area contributed by atoms with Crippen molar-refractivity contribution in [2.75, 3.05) is 39.3 Å².